The molecule has 0 aromatic heterocycles. The Bertz CT molecular complexity index is 1350. The molecule has 42 heavy (non-hydrogen) atoms. The Balaban J connectivity index is 0.000000258. The third-order valence-electron chi connectivity index (χ3n) is 6.26. The van der Waals surface area contributed by atoms with Crippen molar-refractivity contribution in [1.82, 2.24) is 5.32 Å². The van der Waals surface area contributed by atoms with Gasteiger partial charge in [0.2, 0.25) is 0 Å². The minimum absolute atomic E-state index is 0.144. The maximum atomic E-state index is 11.3. The predicted octanol–water partition coefficient (Wildman–Crippen LogP) is 6.49. The summed E-state index contributed by atoms with van der Waals surface area (Å²) in [4.78, 5) is 11.3. The highest BCUT2D eigenvalue weighted by atomic mass is 35.5. The Morgan fingerprint density at radius 1 is 0.810 bits per heavy atom. The lowest BCUT2D eigenvalue weighted by molar-refractivity contribution is -0.137. The lowest BCUT2D eigenvalue weighted by Gasteiger charge is -2.14. The molecule has 0 fully saturated rings. The van der Waals surface area contributed by atoms with Gasteiger partial charge in [-0.2, -0.15) is 0 Å². The molecular weight excluding hydrogens is 577 g/mol. The Morgan fingerprint density at radius 3 is 1.95 bits per heavy atom. The van der Waals surface area contributed by atoms with Crippen LogP contribution in [0.3, 0.4) is 0 Å². The normalized spacial score (nSPS) is 11.3. The van der Waals surface area contributed by atoms with E-state index in [4.69, 9.17) is 37.4 Å². The van der Waals surface area contributed by atoms with Crippen molar-refractivity contribution in [1.29, 1.82) is 0 Å². The van der Waals surface area contributed by atoms with E-state index in [1.165, 1.54) is 0 Å². The monoisotopic (exact) mass is 611 g/mol. The summed E-state index contributed by atoms with van der Waals surface area (Å²) < 4.78 is 16.0. The lowest BCUT2D eigenvalue weighted by atomic mass is 9.92. The number of nitrogens with one attached hydrogen (secondary N) is 1. The van der Waals surface area contributed by atoms with Crippen molar-refractivity contribution in [2.45, 2.75) is 18.4 Å². The number of carbonyl (C=O) groups is 1. The molecule has 9 heteroatoms. The number of hydrogen-bond donors (Lipinski definition) is 3. The first-order valence-corrected chi connectivity index (χ1v) is 14.1. The minimum atomic E-state index is -0.822. The Morgan fingerprint density at radius 2 is 1.40 bits per heavy atom. The zero-order valence-electron chi connectivity index (χ0n) is 23.5. The number of carboxylic acid groups (broad SMARTS) is 1. The van der Waals surface area contributed by atoms with E-state index >= 15 is 0 Å². The van der Waals surface area contributed by atoms with E-state index in [1.54, 1.807) is 32.4 Å². The zero-order chi connectivity index (χ0) is 30.3. The number of hydrogen-bond acceptors (Lipinski definition) is 6. The molecule has 0 aliphatic heterocycles. The third-order valence-corrected chi connectivity index (χ3v) is 6.79. The maximum absolute atomic E-state index is 11.3. The van der Waals surface area contributed by atoms with E-state index in [0.717, 1.165) is 23.1 Å². The Hall–Kier alpha value is -3.75. The van der Waals surface area contributed by atoms with E-state index in [-0.39, 0.29) is 6.61 Å². The van der Waals surface area contributed by atoms with Gasteiger partial charge in [-0.15, -0.1) is 0 Å². The first kappa shape index (κ1) is 32.8. The first-order chi connectivity index (χ1) is 20.3. The van der Waals surface area contributed by atoms with E-state index in [1.807, 2.05) is 78.9 Å². The smallest absolute Gasteiger partial charge is 0.315 e. The van der Waals surface area contributed by atoms with Crippen LogP contribution in [-0.4, -0.2) is 56.2 Å². The van der Waals surface area contributed by atoms with Crippen molar-refractivity contribution in [3.8, 4) is 17.2 Å². The number of methoxy groups -OCH3 is 2. The summed E-state index contributed by atoms with van der Waals surface area (Å²) in [5.74, 6) is 0.510. The fourth-order valence-electron chi connectivity index (χ4n) is 4.14. The summed E-state index contributed by atoms with van der Waals surface area (Å²) in [6, 6.07) is 29.3. The third kappa shape index (κ3) is 10.3. The fraction of sp³-hybridized carbons (Fsp3) is 0.242. The molecule has 0 saturated carbocycles. The summed E-state index contributed by atoms with van der Waals surface area (Å²) in [6.07, 6.45) is 0.156. The van der Waals surface area contributed by atoms with Crippen LogP contribution in [0.2, 0.25) is 10.0 Å². The molecule has 0 heterocycles. The van der Waals surface area contributed by atoms with Gasteiger partial charge in [-0.1, -0.05) is 89.9 Å². The largest absolute Gasteiger partial charge is 0.493 e. The molecule has 222 valence electrons. The van der Waals surface area contributed by atoms with Gasteiger partial charge in [-0.25, -0.2) is 0 Å². The number of rotatable bonds is 13. The summed E-state index contributed by atoms with van der Waals surface area (Å²) in [5, 5.41) is 23.5. The average Bonchev–Trinajstić information content (AvgIpc) is 3.00. The van der Waals surface area contributed by atoms with Crippen LogP contribution in [0.5, 0.6) is 17.2 Å². The number of aliphatic hydroxyl groups excluding tert-OH is 1. The quantitative estimate of drug-likeness (QED) is 0.149. The van der Waals surface area contributed by atoms with Crippen LogP contribution in [0.4, 0.5) is 0 Å². The van der Waals surface area contributed by atoms with E-state index in [0.29, 0.717) is 40.4 Å². The molecule has 3 N–H and O–H groups in total. The number of benzene rings is 4. The topological polar surface area (TPSA) is 97.3 Å². The SMILES string of the molecule is COc1ccc(CCNCC(O)COc2ccc(Cl)cc2Cl)cc1OC.O=C(O)C(c1ccccc1)c1ccccc1. The molecule has 7 nitrogen and oxygen atoms in total. The predicted molar refractivity (Wildman–Crippen MR) is 166 cm³/mol. The van der Waals surface area contributed by atoms with E-state index < -0.39 is 18.0 Å². The summed E-state index contributed by atoms with van der Waals surface area (Å²) >= 11 is 11.9. The second kappa shape index (κ2) is 17.3. The van der Waals surface area contributed by atoms with Crippen molar-refractivity contribution in [2.24, 2.45) is 0 Å². The zero-order valence-corrected chi connectivity index (χ0v) is 25.0. The van der Waals surface area contributed by atoms with Crippen molar-refractivity contribution >= 4 is 29.2 Å². The highest BCUT2D eigenvalue weighted by Crippen LogP contribution is 2.28. The second-order valence-electron chi connectivity index (χ2n) is 9.28. The van der Waals surface area contributed by atoms with Gasteiger partial charge in [0.05, 0.1) is 19.2 Å². The maximum Gasteiger partial charge on any atom is 0.315 e. The standard InChI is InChI=1S/C19H23Cl2NO4.C14H12O2/c1-24-18-5-3-13(9-19(18)25-2)7-8-22-11-15(23)12-26-17-6-4-14(20)10-16(17)21;15-14(16)13(11-7-3-1-4-8-11)12-9-5-2-6-10-12/h3-6,9-10,15,22-23H,7-8,11-12H2,1-2H3;1-10,13H,(H,15,16). The van der Waals surface area contributed by atoms with Gasteiger partial charge in [0.25, 0.3) is 0 Å². The van der Waals surface area contributed by atoms with Crippen molar-refractivity contribution < 1.29 is 29.2 Å². The molecule has 4 aromatic carbocycles. The fourth-order valence-corrected chi connectivity index (χ4v) is 4.61. The van der Waals surface area contributed by atoms with Crippen molar-refractivity contribution in [2.75, 3.05) is 33.9 Å². The summed E-state index contributed by atoms with van der Waals surface area (Å²) in [7, 11) is 3.23. The molecule has 0 spiro atoms. The average molecular weight is 613 g/mol. The molecule has 4 aromatic rings. The Labute approximate surface area is 256 Å². The highest BCUT2D eigenvalue weighted by Gasteiger charge is 2.21. The van der Waals surface area contributed by atoms with Gasteiger partial charge in [-0.3, -0.25) is 4.79 Å². The number of ether oxygens (including phenoxy) is 3. The number of carboxylic acids is 1. The molecule has 0 amide bonds. The molecular formula is C33H35Cl2NO6. The molecule has 0 saturated heterocycles. The van der Waals surface area contributed by atoms with Gasteiger partial charge in [-0.05, 0) is 60.0 Å². The van der Waals surface area contributed by atoms with Crippen LogP contribution in [0.25, 0.3) is 0 Å². The molecule has 1 unspecified atom stereocenters. The van der Waals surface area contributed by atoms with Crippen molar-refractivity contribution in [3.63, 3.8) is 0 Å². The number of aliphatic carboxylic acids is 1. The molecule has 0 radical (unpaired) electrons. The molecule has 0 aliphatic carbocycles. The first-order valence-electron chi connectivity index (χ1n) is 13.3. The van der Waals surface area contributed by atoms with Crippen LogP contribution in [0.15, 0.2) is 97.1 Å². The number of halogens is 2. The van der Waals surface area contributed by atoms with E-state index in [9.17, 15) is 15.0 Å². The van der Waals surface area contributed by atoms with Gasteiger partial charge < -0.3 is 29.7 Å². The second-order valence-corrected chi connectivity index (χ2v) is 10.1. The molecule has 4 rings (SSSR count). The molecule has 0 bridgehead atoms. The molecule has 0 aliphatic rings. The van der Waals surface area contributed by atoms with Gasteiger partial charge in [0.15, 0.2) is 11.5 Å². The summed E-state index contributed by atoms with van der Waals surface area (Å²) in [6.45, 7) is 1.28. The number of aliphatic hydroxyl groups is 1. The van der Waals surface area contributed by atoms with Gasteiger partial charge in [0.1, 0.15) is 24.4 Å². The minimum Gasteiger partial charge on any atom is -0.493 e. The van der Waals surface area contributed by atoms with Crippen LogP contribution in [0, 0.1) is 0 Å². The summed E-state index contributed by atoms with van der Waals surface area (Å²) in [5.41, 5.74) is 2.73. The van der Waals surface area contributed by atoms with E-state index in [2.05, 4.69) is 5.32 Å². The van der Waals surface area contributed by atoms with Crippen LogP contribution < -0.4 is 19.5 Å². The highest BCUT2D eigenvalue weighted by molar-refractivity contribution is 6.35. The Kier molecular flexibility index (Phi) is 13.5. The van der Waals surface area contributed by atoms with Crippen LogP contribution in [-0.2, 0) is 11.2 Å². The van der Waals surface area contributed by atoms with Crippen LogP contribution >= 0.6 is 23.2 Å². The van der Waals surface area contributed by atoms with Gasteiger partial charge >= 0.3 is 5.97 Å². The van der Waals surface area contributed by atoms with Gasteiger partial charge in [0, 0.05) is 11.6 Å². The lowest BCUT2D eigenvalue weighted by Crippen LogP contribution is -2.32. The van der Waals surface area contributed by atoms with Crippen LogP contribution in [0.1, 0.15) is 22.6 Å². The van der Waals surface area contributed by atoms with Crippen molar-refractivity contribution in [3.05, 3.63) is 124 Å². The molecule has 1 atom stereocenters.